The summed E-state index contributed by atoms with van der Waals surface area (Å²) >= 11 is 3.40. The fourth-order valence-electron chi connectivity index (χ4n) is 1.64. The van der Waals surface area contributed by atoms with Crippen LogP contribution in [0.1, 0.15) is 16.1 Å². The Balaban J connectivity index is 2.58. The Hall–Kier alpha value is -1.55. The van der Waals surface area contributed by atoms with Crippen LogP contribution < -0.4 is 0 Å². The van der Waals surface area contributed by atoms with E-state index in [0.29, 0.717) is 0 Å². The first-order chi connectivity index (χ1) is 7.58. The van der Waals surface area contributed by atoms with Crippen molar-refractivity contribution in [2.75, 3.05) is 0 Å². The Morgan fingerprint density at radius 3 is 2.75 bits per heavy atom. The van der Waals surface area contributed by atoms with Crippen molar-refractivity contribution in [2.24, 2.45) is 0 Å². The van der Waals surface area contributed by atoms with E-state index in [1.54, 1.807) is 22.9 Å². The number of carboxylic acids is 1. The van der Waals surface area contributed by atoms with Gasteiger partial charge in [0.2, 0.25) is 0 Å². The molecule has 82 valence electrons. The standard InChI is InChI=1S/C12H10BrNO2/c1-8-5-9(13)7-10(6-8)14-4-2-3-11(14)12(15)16/h2-7H,1H3,(H,15,16). The molecule has 0 aliphatic heterocycles. The Kier molecular flexibility index (Phi) is 2.83. The normalized spacial score (nSPS) is 10.4. The number of aromatic carboxylic acids is 1. The topological polar surface area (TPSA) is 42.2 Å². The highest BCUT2D eigenvalue weighted by Gasteiger charge is 2.10. The molecule has 1 heterocycles. The van der Waals surface area contributed by atoms with Crippen LogP contribution in [0.3, 0.4) is 0 Å². The highest BCUT2D eigenvalue weighted by Crippen LogP contribution is 2.20. The van der Waals surface area contributed by atoms with E-state index in [0.717, 1.165) is 15.7 Å². The maximum absolute atomic E-state index is 11.0. The van der Waals surface area contributed by atoms with Crippen molar-refractivity contribution in [3.63, 3.8) is 0 Å². The van der Waals surface area contributed by atoms with Crippen LogP contribution in [0.5, 0.6) is 0 Å². The summed E-state index contributed by atoms with van der Waals surface area (Å²) in [5, 5.41) is 9.02. The van der Waals surface area contributed by atoms with E-state index in [4.69, 9.17) is 5.11 Å². The number of carboxylic acid groups (broad SMARTS) is 1. The monoisotopic (exact) mass is 279 g/mol. The van der Waals surface area contributed by atoms with Crippen LogP contribution in [0.25, 0.3) is 5.69 Å². The second kappa shape index (κ2) is 4.14. The van der Waals surface area contributed by atoms with Gasteiger partial charge in [-0.05, 0) is 42.8 Å². The lowest BCUT2D eigenvalue weighted by molar-refractivity contribution is 0.0688. The van der Waals surface area contributed by atoms with Gasteiger partial charge in [-0.15, -0.1) is 0 Å². The summed E-state index contributed by atoms with van der Waals surface area (Å²) in [7, 11) is 0. The first-order valence-corrected chi connectivity index (χ1v) is 5.55. The van der Waals surface area contributed by atoms with Crippen LogP contribution in [-0.4, -0.2) is 15.6 Å². The predicted octanol–water partition coefficient (Wildman–Crippen LogP) is 3.25. The number of halogens is 1. The van der Waals surface area contributed by atoms with Gasteiger partial charge in [0, 0.05) is 16.4 Å². The second-order valence-electron chi connectivity index (χ2n) is 3.56. The first kappa shape index (κ1) is 11.0. The summed E-state index contributed by atoms with van der Waals surface area (Å²) in [5.41, 5.74) is 2.18. The van der Waals surface area contributed by atoms with Gasteiger partial charge < -0.3 is 9.67 Å². The number of aromatic nitrogens is 1. The molecule has 0 amide bonds. The SMILES string of the molecule is Cc1cc(Br)cc(-n2cccc2C(=O)O)c1. The molecule has 1 aromatic carbocycles. The van der Waals surface area contributed by atoms with Gasteiger partial charge in [0.05, 0.1) is 0 Å². The molecule has 3 nitrogen and oxygen atoms in total. The maximum Gasteiger partial charge on any atom is 0.352 e. The number of nitrogens with zero attached hydrogens (tertiary/aromatic N) is 1. The smallest absolute Gasteiger partial charge is 0.352 e. The second-order valence-corrected chi connectivity index (χ2v) is 4.47. The molecule has 16 heavy (non-hydrogen) atoms. The number of hydrogen-bond donors (Lipinski definition) is 1. The van der Waals surface area contributed by atoms with E-state index in [1.165, 1.54) is 0 Å². The molecule has 4 heteroatoms. The zero-order valence-electron chi connectivity index (χ0n) is 8.64. The molecule has 0 aliphatic rings. The van der Waals surface area contributed by atoms with Gasteiger partial charge in [-0.2, -0.15) is 0 Å². The molecular formula is C12H10BrNO2. The molecular weight excluding hydrogens is 270 g/mol. The third-order valence-electron chi connectivity index (χ3n) is 2.27. The van der Waals surface area contributed by atoms with Crippen molar-refractivity contribution in [1.29, 1.82) is 0 Å². The number of aryl methyl sites for hydroxylation is 1. The van der Waals surface area contributed by atoms with Crippen LogP contribution in [0.15, 0.2) is 41.0 Å². The van der Waals surface area contributed by atoms with E-state index >= 15 is 0 Å². The zero-order valence-corrected chi connectivity index (χ0v) is 10.2. The van der Waals surface area contributed by atoms with Crippen LogP contribution in [-0.2, 0) is 0 Å². The molecule has 0 saturated carbocycles. The van der Waals surface area contributed by atoms with Gasteiger partial charge >= 0.3 is 5.97 Å². The summed E-state index contributed by atoms with van der Waals surface area (Å²) in [6, 6.07) is 9.11. The lowest BCUT2D eigenvalue weighted by atomic mass is 10.2. The third kappa shape index (κ3) is 2.02. The van der Waals surface area contributed by atoms with Crippen LogP contribution in [0.2, 0.25) is 0 Å². The van der Waals surface area contributed by atoms with E-state index < -0.39 is 5.97 Å². The lowest BCUT2D eigenvalue weighted by Crippen LogP contribution is -2.05. The molecule has 0 spiro atoms. The zero-order chi connectivity index (χ0) is 11.7. The molecule has 0 aliphatic carbocycles. The Bertz CT molecular complexity index is 525. The van der Waals surface area contributed by atoms with Crippen molar-refractivity contribution >= 4 is 21.9 Å². The van der Waals surface area contributed by atoms with E-state index in [2.05, 4.69) is 15.9 Å². The summed E-state index contributed by atoms with van der Waals surface area (Å²) < 4.78 is 2.59. The van der Waals surface area contributed by atoms with Gasteiger partial charge in [-0.3, -0.25) is 0 Å². The maximum atomic E-state index is 11.0. The van der Waals surface area contributed by atoms with Gasteiger partial charge in [0.15, 0.2) is 0 Å². The molecule has 0 radical (unpaired) electrons. The van der Waals surface area contributed by atoms with Crippen molar-refractivity contribution in [1.82, 2.24) is 4.57 Å². The highest BCUT2D eigenvalue weighted by atomic mass is 79.9. The van der Waals surface area contributed by atoms with Crippen LogP contribution in [0.4, 0.5) is 0 Å². The highest BCUT2D eigenvalue weighted by molar-refractivity contribution is 9.10. The molecule has 0 bridgehead atoms. The van der Waals surface area contributed by atoms with Crippen LogP contribution in [0, 0.1) is 6.92 Å². The summed E-state index contributed by atoms with van der Waals surface area (Å²) in [4.78, 5) is 11.0. The summed E-state index contributed by atoms with van der Waals surface area (Å²) in [5.74, 6) is -0.928. The average Bonchev–Trinajstić information content (AvgIpc) is 2.63. The van der Waals surface area contributed by atoms with E-state index in [9.17, 15) is 4.79 Å². The summed E-state index contributed by atoms with van der Waals surface area (Å²) in [6.45, 7) is 1.97. The first-order valence-electron chi connectivity index (χ1n) is 4.76. The molecule has 1 N–H and O–H groups in total. The molecule has 2 rings (SSSR count). The minimum Gasteiger partial charge on any atom is -0.477 e. The van der Waals surface area contributed by atoms with Gasteiger partial charge in [-0.25, -0.2) is 4.79 Å². The average molecular weight is 280 g/mol. The van der Waals surface area contributed by atoms with Crippen molar-refractivity contribution < 1.29 is 9.90 Å². The van der Waals surface area contributed by atoms with Gasteiger partial charge in [-0.1, -0.05) is 15.9 Å². The largest absolute Gasteiger partial charge is 0.477 e. The lowest BCUT2D eigenvalue weighted by Gasteiger charge is -2.08. The van der Waals surface area contributed by atoms with Crippen molar-refractivity contribution in [3.05, 3.63) is 52.3 Å². The van der Waals surface area contributed by atoms with Crippen molar-refractivity contribution in [2.45, 2.75) is 6.92 Å². The molecule has 1 aromatic heterocycles. The van der Waals surface area contributed by atoms with E-state index in [-0.39, 0.29) is 5.69 Å². The van der Waals surface area contributed by atoms with Crippen molar-refractivity contribution in [3.8, 4) is 5.69 Å². The Morgan fingerprint density at radius 1 is 1.38 bits per heavy atom. The third-order valence-corrected chi connectivity index (χ3v) is 2.73. The predicted molar refractivity (Wildman–Crippen MR) is 65.2 cm³/mol. The van der Waals surface area contributed by atoms with Crippen LogP contribution >= 0.6 is 15.9 Å². The molecule has 0 saturated heterocycles. The minimum absolute atomic E-state index is 0.262. The Labute approximate surface area is 101 Å². The van der Waals surface area contributed by atoms with Gasteiger partial charge in [0.25, 0.3) is 0 Å². The quantitative estimate of drug-likeness (QED) is 0.917. The minimum atomic E-state index is -0.928. The number of benzene rings is 1. The molecule has 0 fully saturated rings. The number of hydrogen-bond acceptors (Lipinski definition) is 1. The fourth-order valence-corrected chi connectivity index (χ4v) is 2.23. The summed E-state index contributed by atoms with van der Waals surface area (Å²) in [6.07, 6.45) is 1.74. The number of carbonyl (C=O) groups is 1. The molecule has 0 atom stereocenters. The van der Waals surface area contributed by atoms with Gasteiger partial charge in [0.1, 0.15) is 5.69 Å². The number of rotatable bonds is 2. The molecule has 0 unspecified atom stereocenters. The fraction of sp³-hybridized carbons (Fsp3) is 0.0833. The molecule has 2 aromatic rings. The van der Waals surface area contributed by atoms with E-state index in [1.807, 2.05) is 25.1 Å². The Morgan fingerprint density at radius 2 is 2.12 bits per heavy atom.